The molecule has 0 rings (SSSR count). The van der Waals surface area contributed by atoms with E-state index in [-0.39, 0.29) is 11.1 Å². The van der Waals surface area contributed by atoms with Gasteiger partial charge in [0.25, 0.3) is 0 Å². The van der Waals surface area contributed by atoms with Crippen LogP contribution < -0.4 is 5.32 Å². The van der Waals surface area contributed by atoms with Gasteiger partial charge >= 0.3 is 0 Å². The third kappa shape index (κ3) is 9.61. The maximum Gasteiger partial charge on any atom is 0.0622 e. The van der Waals surface area contributed by atoms with Crippen LogP contribution >= 0.6 is 0 Å². The molecule has 0 bridgehead atoms. The molecule has 2 heteroatoms. The van der Waals surface area contributed by atoms with Crippen molar-refractivity contribution in [1.29, 1.82) is 0 Å². The lowest BCUT2D eigenvalue weighted by atomic mass is 9.91. The van der Waals surface area contributed by atoms with Gasteiger partial charge in [-0.3, -0.25) is 0 Å². The molecule has 0 saturated heterocycles. The summed E-state index contributed by atoms with van der Waals surface area (Å²) in [6, 6.07) is 0. The predicted molar refractivity (Wildman–Crippen MR) is 76.5 cm³/mol. The van der Waals surface area contributed by atoms with Crippen LogP contribution in [0.1, 0.15) is 67.2 Å². The second-order valence-corrected chi connectivity index (χ2v) is 6.79. The Kier molecular flexibility index (Phi) is 7.34. The monoisotopic (exact) mass is 243 g/mol. The number of nitrogens with one attached hydrogen (secondary N) is 1. The van der Waals surface area contributed by atoms with Crippen LogP contribution in [-0.4, -0.2) is 24.8 Å². The third-order valence-corrected chi connectivity index (χ3v) is 3.33. The van der Waals surface area contributed by atoms with E-state index in [2.05, 4.69) is 46.9 Å². The van der Waals surface area contributed by atoms with Gasteiger partial charge in [-0.1, -0.05) is 13.3 Å². The van der Waals surface area contributed by atoms with Crippen LogP contribution in [0.4, 0.5) is 0 Å². The second-order valence-electron chi connectivity index (χ2n) is 6.79. The number of ether oxygens (including phenoxy) is 1. The van der Waals surface area contributed by atoms with Gasteiger partial charge < -0.3 is 10.1 Å². The summed E-state index contributed by atoms with van der Waals surface area (Å²) in [5, 5.41) is 3.62. The SMILES string of the molecule is CCCC(CCC(C)(C)OC)CNC(C)(C)C. The fourth-order valence-corrected chi connectivity index (χ4v) is 1.86. The van der Waals surface area contributed by atoms with E-state index in [9.17, 15) is 0 Å². The first kappa shape index (κ1) is 16.9. The summed E-state index contributed by atoms with van der Waals surface area (Å²) < 4.78 is 5.49. The molecule has 1 unspecified atom stereocenters. The van der Waals surface area contributed by atoms with Crippen molar-refractivity contribution in [3.63, 3.8) is 0 Å². The molecule has 0 aromatic carbocycles. The summed E-state index contributed by atoms with van der Waals surface area (Å²) in [5.41, 5.74) is 0.247. The van der Waals surface area contributed by atoms with E-state index in [4.69, 9.17) is 4.74 Å². The zero-order valence-electron chi connectivity index (χ0n) is 13.0. The van der Waals surface area contributed by atoms with Crippen LogP contribution in [0.5, 0.6) is 0 Å². The second kappa shape index (κ2) is 7.38. The predicted octanol–water partition coefficient (Wildman–Crippen LogP) is 4.00. The summed E-state index contributed by atoms with van der Waals surface area (Å²) in [6.07, 6.45) is 4.96. The summed E-state index contributed by atoms with van der Waals surface area (Å²) >= 11 is 0. The molecule has 0 aromatic heterocycles. The highest BCUT2D eigenvalue weighted by atomic mass is 16.5. The molecule has 0 spiro atoms. The fraction of sp³-hybridized carbons (Fsp3) is 1.00. The van der Waals surface area contributed by atoms with Crippen LogP contribution in [-0.2, 0) is 4.74 Å². The van der Waals surface area contributed by atoms with Gasteiger partial charge in [-0.25, -0.2) is 0 Å². The fourth-order valence-electron chi connectivity index (χ4n) is 1.86. The first-order valence-corrected chi connectivity index (χ1v) is 7.00. The molecule has 0 aliphatic heterocycles. The minimum Gasteiger partial charge on any atom is -0.379 e. The first-order valence-electron chi connectivity index (χ1n) is 7.00. The molecule has 0 fully saturated rings. The lowest BCUT2D eigenvalue weighted by Gasteiger charge is -2.28. The Hall–Kier alpha value is -0.0800. The average Bonchev–Trinajstić information content (AvgIpc) is 2.21. The molecule has 0 aliphatic rings. The van der Waals surface area contributed by atoms with E-state index in [1.165, 1.54) is 19.3 Å². The van der Waals surface area contributed by atoms with E-state index in [1.54, 1.807) is 0 Å². The smallest absolute Gasteiger partial charge is 0.0622 e. The summed E-state index contributed by atoms with van der Waals surface area (Å²) in [6.45, 7) is 14.4. The number of hydrogen-bond acceptors (Lipinski definition) is 2. The van der Waals surface area contributed by atoms with Gasteiger partial charge in [0.15, 0.2) is 0 Å². The molecule has 0 radical (unpaired) electrons. The molecule has 0 amide bonds. The van der Waals surface area contributed by atoms with E-state index in [0.29, 0.717) is 0 Å². The quantitative estimate of drug-likeness (QED) is 0.696. The Morgan fingerprint density at radius 3 is 2.06 bits per heavy atom. The third-order valence-electron chi connectivity index (χ3n) is 3.33. The highest BCUT2D eigenvalue weighted by molar-refractivity contribution is 4.76. The van der Waals surface area contributed by atoms with Crippen LogP contribution in [0, 0.1) is 5.92 Å². The van der Waals surface area contributed by atoms with Crippen molar-refractivity contribution in [1.82, 2.24) is 5.32 Å². The van der Waals surface area contributed by atoms with Crippen molar-refractivity contribution < 1.29 is 4.74 Å². The molecule has 0 aromatic rings. The molecule has 1 N–H and O–H groups in total. The Bertz CT molecular complexity index is 194. The van der Waals surface area contributed by atoms with Gasteiger partial charge in [0.2, 0.25) is 0 Å². The highest BCUT2D eigenvalue weighted by Crippen LogP contribution is 2.22. The van der Waals surface area contributed by atoms with E-state index >= 15 is 0 Å². The van der Waals surface area contributed by atoms with Gasteiger partial charge in [-0.05, 0) is 66.3 Å². The molecular formula is C15H33NO. The molecule has 17 heavy (non-hydrogen) atoms. The van der Waals surface area contributed by atoms with Gasteiger partial charge in [-0.15, -0.1) is 0 Å². The molecule has 0 aliphatic carbocycles. The lowest BCUT2D eigenvalue weighted by molar-refractivity contribution is 0.00990. The number of rotatable bonds is 8. The molecule has 1 atom stereocenters. The van der Waals surface area contributed by atoms with Gasteiger partial charge in [0.05, 0.1) is 5.60 Å². The topological polar surface area (TPSA) is 21.3 Å². The van der Waals surface area contributed by atoms with Crippen LogP contribution in [0.15, 0.2) is 0 Å². The Morgan fingerprint density at radius 1 is 1.06 bits per heavy atom. The molecule has 0 saturated carbocycles. The highest BCUT2D eigenvalue weighted by Gasteiger charge is 2.20. The van der Waals surface area contributed by atoms with Crippen molar-refractivity contribution in [2.45, 2.75) is 78.4 Å². The summed E-state index contributed by atoms with van der Waals surface area (Å²) in [4.78, 5) is 0. The van der Waals surface area contributed by atoms with Crippen molar-refractivity contribution in [2.75, 3.05) is 13.7 Å². The van der Waals surface area contributed by atoms with E-state index in [0.717, 1.165) is 18.9 Å². The summed E-state index contributed by atoms with van der Waals surface area (Å²) in [5.74, 6) is 0.772. The normalized spacial score (nSPS) is 15.0. The van der Waals surface area contributed by atoms with Gasteiger partial charge in [0.1, 0.15) is 0 Å². The van der Waals surface area contributed by atoms with Crippen molar-refractivity contribution in [3.05, 3.63) is 0 Å². The Morgan fingerprint density at radius 2 is 1.65 bits per heavy atom. The Balaban J connectivity index is 4.07. The molecule has 104 valence electrons. The zero-order valence-corrected chi connectivity index (χ0v) is 13.0. The standard InChI is InChI=1S/C15H33NO/c1-8-9-13(12-16-14(2,3)4)10-11-15(5,6)17-7/h13,16H,8-12H2,1-7H3. The zero-order chi connectivity index (χ0) is 13.5. The lowest BCUT2D eigenvalue weighted by Crippen LogP contribution is -2.39. The van der Waals surface area contributed by atoms with Crippen LogP contribution in [0.3, 0.4) is 0 Å². The van der Waals surface area contributed by atoms with Gasteiger partial charge in [-0.2, -0.15) is 0 Å². The Labute approximate surface area is 109 Å². The van der Waals surface area contributed by atoms with Crippen molar-refractivity contribution in [3.8, 4) is 0 Å². The van der Waals surface area contributed by atoms with Crippen LogP contribution in [0.2, 0.25) is 0 Å². The largest absolute Gasteiger partial charge is 0.379 e. The average molecular weight is 243 g/mol. The number of methoxy groups -OCH3 is 1. The molecule has 0 heterocycles. The van der Waals surface area contributed by atoms with Gasteiger partial charge in [0, 0.05) is 12.6 Å². The minimum absolute atomic E-state index is 0.0216. The molecular weight excluding hydrogens is 210 g/mol. The van der Waals surface area contributed by atoms with Crippen molar-refractivity contribution >= 4 is 0 Å². The maximum atomic E-state index is 5.49. The minimum atomic E-state index is 0.0216. The summed E-state index contributed by atoms with van der Waals surface area (Å²) in [7, 11) is 1.81. The van der Waals surface area contributed by atoms with Crippen LogP contribution in [0.25, 0.3) is 0 Å². The van der Waals surface area contributed by atoms with Crippen molar-refractivity contribution in [2.24, 2.45) is 5.92 Å². The first-order chi connectivity index (χ1) is 7.70. The maximum absolute atomic E-state index is 5.49. The number of hydrogen-bond donors (Lipinski definition) is 1. The molecule has 2 nitrogen and oxygen atoms in total. The van der Waals surface area contributed by atoms with E-state index < -0.39 is 0 Å². The van der Waals surface area contributed by atoms with E-state index in [1.807, 2.05) is 7.11 Å².